The van der Waals surface area contributed by atoms with Gasteiger partial charge >= 0.3 is 0 Å². The van der Waals surface area contributed by atoms with Crippen LogP contribution in [0, 0.1) is 0 Å². The Labute approximate surface area is 194 Å². The molecule has 0 unspecified atom stereocenters. The number of hydrogen-bond donors (Lipinski definition) is 1. The van der Waals surface area contributed by atoms with Crippen LogP contribution < -0.4 is 11.0 Å². The smallest absolute Gasteiger partial charge is 0.255 e. The Morgan fingerprint density at radius 2 is 1.94 bits per heavy atom. The molecule has 31 heavy (non-hydrogen) atoms. The molecule has 2 aromatic heterocycles. The SMILES string of the molecule is O=c1[nH]c(-c2ccccc2)nc2c1CN(Cc1coc3c(Br)cc(Br)cc3c1=O)CC2. The number of rotatable bonds is 3. The Bertz CT molecular complexity index is 1410. The van der Waals surface area contributed by atoms with Gasteiger partial charge in [-0.1, -0.05) is 46.3 Å². The third kappa shape index (κ3) is 3.91. The van der Waals surface area contributed by atoms with Crippen molar-refractivity contribution in [3.05, 3.63) is 95.1 Å². The zero-order valence-corrected chi connectivity index (χ0v) is 19.5. The van der Waals surface area contributed by atoms with Crippen molar-refractivity contribution in [2.24, 2.45) is 0 Å². The van der Waals surface area contributed by atoms with Gasteiger partial charge in [0, 0.05) is 41.7 Å². The molecule has 0 aliphatic carbocycles. The summed E-state index contributed by atoms with van der Waals surface area (Å²) in [6, 6.07) is 13.2. The number of benzene rings is 2. The van der Waals surface area contributed by atoms with E-state index in [1.165, 1.54) is 6.26 Å². The van der Waals surface area contributed by atoms with Crippen LogP contribution >= 0.6 is 31.9 Å². The van der Waals surface area contributed by atoms with E-state index in [0.29, 0.717) is 54.0 Å². The van der Waals surface area contributed by atoms with Gasteiger partial charge < -0.3 is 9.40 Å². The number of hydrogen-bond acceptors (Lipinski definition) is 5. The molecule has 1 N–H and O–H groups in total. The highest BCUT2D eigenvalue weighted by Gasteiger charge is 2.23. The lowest BCUT2D eigenvalue weighted by Crippen LogP contribution is -2.36. The largest absolute Gasteiger partial charge is 0.463 e. The maximum Gasteiger partial charge on any atom is 0.255 e. The molecule has 0 radical (unpaired) electrons. The lowest BCUT2D eigenvalue weighted by atomic mass is 10.1. The maximum absolute atomic E-state index is 13.0. The van der Waals surface area contributed by atoms with Gasteiger partial charge in [-0.25, -0.2) is 4.98 Å². The van der Waals surface area contributed by atoms with Crippen molar-refractivity contribution in [2.45, 2.75) is 19.5 Å². The molecule has 0 saturated heterocycles. The fourth-order valence-electron chi connectivity index (χ4n) is 3.90. The van der Waals surface area contributed by atoms with Crippen molar-refractivity contribution in [3.8, 4) is 11.4 Å². The zero-order valence-electron chi connectivity index (χ0n) is 16.3. The van der Waals surface area contributed by atoms with Crippen molar-refractivity contribution in [1.82, 2.24) is 14.9 Å². The zero-order chi connectivity index (χ0) is 21.5. The van der Waals surface area contributed by atoms with Gasteiger partial charge in [0.2, 0.25) is 0 Å². The number of aromatic amines is 1. The number of nitrogens with zero attached hydrogens (tertiary/aromatic N) is 2. The lowest BCUT2D eigenvalue weighted by molar-refractivity contribution is 0.239. The Morgan fingerprint density at radius 1 is 1.13 bits per heavy atom. The van der Waals surface area contributed by atoms with Gasteiger partial charge in [0.05, 0.1) is 27.4 Å². The van der Waals surface area contributed by atoms with Crippen LogP contribution in [0.2, 0.25) is 0 Å². The first-order valence-corrected chi connectivity index (χ1v) is 11.4. The van der Waals surface area contributed by atoms with Gasteiger partial charge in [0.1, 0.15) is 5.82 Å². The van der Waals surface area contributed by atoms with E-state index < -0.39 is 0 Å². The molecule has 0 fully saturated rings. The highest BCUT2D eigenvalue weighted by Crippen LogP contribution is 2.27. The van der Waals surface area contributed by atoms with Crippen LogP contribution in [0.15, 0.2) is 71.7 Å². The molecule has 156 valence electrons. The van der Waals surface area contributed by atoms with Crippen LogP contribution in [-0.2, 0) is 19.5 Å². The van der Waals surface area contributed by atoms with Crippen LogP contribution in [0.25, 0.3) is 22.4 Å². The Balaban J connectivity index is 1.44. The maximum atomic E-state index is 13.0. The molecule has 1 aliphatic rings. The molecule has 2 aromatic carbocycles. The first-order chi connectivity index (χ1) is 15.0. The highest BCUT2D eigenvalue weighted by molar-refractivity contribution is 9.11. The van der Waals surface area contributed by atoms with Gasteiger partial charge in [-0.3, -0.25) is 14.5 Å². The topological polar surface area (TPSA) is 79.2 Å². The number of fused-ring (bicyclic) bond motifs is 2. The predicted octanol–water partition coefficient (Wildman–Crippen LogP) is 4.63. The van der Waals surface area contributed by atoms with E-state index in [1.54, 1.807) is 6.07 Å². The number of H-pyrrole nitrogens is 1. The first-order valence-electron chi connectivity index (χ1n) is 9.79. The van der Waals surface area contributed by atoms with Gasteiger partial charge in [0.25, 0.3) is 5.56 Å². The monoisotopic (exact) mass is 541 g/mol. The van der Waals surface area contributed by atoms with E-state index in [9.17, 15) is 9.59 Å². The van der Waals surface area contributed by atoms with E-state index >= 15 is 0 Å². The minimum Gasteiger partial charge on any atom is -0.463 e. The fraction of sp³-hybridized carbons (Fsp3) is 0.174. The number of nitrogens with one attached hydrogen (secondary N) is 1. The molecule has 1 aliphatic heterocycles. The van der Waals surface area contributed by atoms with Crippen molar-refractivity contribution in [1.29, 1.82) is 0 Å². The average Bonchev–Trinajstić information content (AvgIpc) is 2.77. The summed E-state index contributed by atoms with van der Waals surface area (Å²) in [5, 5.41) is 0.517. The summed E-state index contributed by atoms with van der Waals surface area (Å²) in [4.78, 5) is 35.4. The van der Waals surface area contributed by atoms with Crippen molar-refractivity contribution in [3.63, 3.8) is 0 Å². The van der Waals surface area contributed by atoms with Crippen LogP contribution in [-0.4, -0.2) is 21.4 Å². The van der Waals surface area contributed by atoms with Gasteiger partial charge in [-0.15, -0.1) is 0 Å². The predicted molar refractivity (Wildman–Crippen MR) is 126 cm³/mol. The summed E-state index contributed by atoms with van der Waals surface area (Å²) in [7, 11) is 0. The number of halogens is 2. The van der Waals surface area contributed by atoms with Gasteiger partial charge in [-0.2, -0.15) is 0 Å². The summed E-state index contributed by atoms with van der Waals surface area (Å²) >= 11 is 6.86. The minimum atomic E-state index is -0.132. The van der Waals surface area contributed by atoms with Crippen molar-refractivity contribution >= 4 is 42.8 Å². The van der Waals surface area contributed by atoms with Crippen molar-refractivity contribution in [2.75, 3.05) is 6.54 Å². The molecular weight excluding hydrogens is 526 g/mol. The third-order valence-electron chi connectivity index (χ3n) is 5.45. The lowest BCUT2D eigenvalue weighted by Gasteiger charge is -2.27. The molecule has 0 atom stereocenters. The van der Waals surface area contributed by atoms with E-state index in [4.69, 9.17) is 9.40 Å². The molecule has 4 aromatic rings. The average molecular weight is 543 g/mol. The van der Waals surface area contributed by atoms with E-state index in [0.717, 1.165) is 20.2 Å². The molecule has 0 amide bonds. The van der Waals surface area contributed by atoms with Gasteiger partial charge in [-0.05, 0) is 28.1 Å². The fourth-order valence-corrected chi connectivity index (χ4v) is 5.22. The second-order valence-corrected chi connectivity index (χ2v) is 9.29. The third-order valence-corrected chi connectivity index (χ3v) is 6.50. The molecule has 0 spiro atoms. The summed E-state index contributed by atoms with van der Waals surface area (Å²) in [6.45, 7) is 1.55. The van der Waals surface area contributed by atoms with Crippen LogP contribution in [0.3, 0.4) is 0 Å². The Kier molecular flexibility index (Phi) is 5.37. The summed E-state index contributed by atoms with van der Waals surface area (Å²) in [5.74, 6) is 0.587. The van der Waals surface area contributed by atoms with Gasteiger partial charge in [0.15, 0.2) is 11.0 Å². The van der Waals surface area contributed by atoms with E-state index in [2.05, 4.69) is 41.7 Å². The molecule has 8 heteroatoms. The second-order valence-electron chi connectivity index (χ2n) is 7.52. The molecule has 6 nitrogen and oxygen atoms in total. The van der Waals surface area contributed by atoms with E-state index in [-0.39, 0.29) is 11.0 Å². The normalized spacial score (nSPS) is 14.0. The van der Waals surface area contributed by atoms with Crippen LogP contribution in [0.5, 0.6) is 0 Å². The van der Waals surface area contributed by atoms with Crippen LogP contribution in [0.1, 0.15) is 16.8 Å². The summed E-state index contributed by atoms with van der Waals surface area (Å²) in [6.07, 6.45) is 2.16. The van der Waals surface area contributed by atoms with Crippen LogP contribution in [0.4, 0.5) is 0 Å². The quantitative estimate of drug-likeness (QED) is 0.408. The number of aromatic nitrogens is 2. The first kappa shape index (κ1) is 20.4. The highest BCUT2D eigenvalue weighted by atomic mass is 79.9. The van der Waals surface area contributed by atoms with E-state index in [1.807, 2.05) is 36.4 Å². The molecule has 3 heterocycles. The Hall–Kier alpha value is -2.55. The molecule has 0 saturated carbocycles. The summed E-state index contributed by atoms with van der Waals surface area (Å²) in [5.41, 5.74) is 3.24. The molecule has 0 bridgehead atoms. The summed E-state index contributed by atoms with van der Waals surface area (Å²) < 4.78 is 7.26. The Morgan fingerprint density at radius 3 is 2.74 bits per heavy atom. The standard InChI is InChI=1S/C23H17Br2N3O3/c24-15-8-16-20(29)14(12-31-21(16)18(25)9-15)10-28-7-6-19-17(11-28)23(30)27-22(26-19)13-4-2-1-3-5-13/h1-5,8-9,12H,6-7,10-11H2,(H,26,27,30). The second kappa shape index (κ2) is 8.18. The molecule has 5 rings (SSSR count). The molecular formula is C23H17Br2N3O3. The van der Waals surface area contributed by atoms with Crippen molar-refractivity contribution < 1.29 is 4.42 Å². The minimum absolute atomic E-state index is 0.0690.